The molecule has 1 saturated heterocycles. The first-order chi connectivity index (χ1) is 8.22. The summed E-state index contributed by atoms with van der Waals surface area (Å²) in [5, 5.41) is 0. The maximum atomic E-state index is 11.6. The van der Waals surface area contributed by atoms with E-state index in [9.17, 15) is 4.79 Å². The molecule has 0 aliphatic carbocycles. The minimum atomic E-state index is -0.394. The van der Waals surface area contributed by atoms with Gasteiger partial charge in [-0.05, 0) is 18.9 Å². The normalized spacial score (nSPS) is 22.2. The molecule has 0 aromatic heterocycles. The van der Waals surface area contributed by atoms with Gasteiger partial charge in [-0.15, -0.1) is 0 Å². The Balaban J connectivity index is 1.83. The summed E-state index contributed by atoms with van der Waals surface area (Å²) in [5.41, 5.74) is 2.25. The van der Waals surface area contributed by atoms with Crippen molar-refractivity contribution in [3.63, 3.8) is 0 Å². The van der Waals surface area contributed by atoms with Crippen LogP contribution in [0, 0.1) is 6.92 Å². The van der Waals surface area contributed by atoms with Gasteiger partial charge in [-0.25, -0.2) is 4.79 Å². The Bertz CT molecular complexity index is 383. The summed E-state index contributed by atoms with van der Waals surface area (Å²) in [6.45, 7) is 4.60. The maximum absolute atomic E-state index is 11.6. The molecule has 0 saturated carbocycles. The van der Waals surface area contributed by atoms with Crippen molar-refractivity contribution in [1.29, 1.82) is 0 Å². The van der Waals surface area contributed by atoms with E-state index in [4.69, 9.17) is 9.47 Å². The molecule has 3 nitrogen and oxygen atoms in total. The third kappa shape index (κ3) is 3.07. The lowest BCUT2D eigenvalue weighted by atomic mass is 10.1. The molecule has 1 heterocycles. The zero-order valence-corrected chi connectivity index (χ0v) is 10.3. The van der Waals surface area contributed by atoms with Gasteiger partial charge in [0.25, 0.3) is 0 Å². The molecule has 1 aliphatic heterocycles. The van der Waals surface area contributed by atoms with Gasteiger partial charge in [-0.3, -0.25) is 0 Å². The number of hydrogen-bond donors (Lipinski definition) is 0. The molecule has 1 fully saturated rings. The zero-order valence-electron chi connectivity index (χ0n) is 10.3. The summed E-state index contributed by atoms with van der Waals surface area (Å²) in [4.78, 5) is 11.6. The Hall–Kier alpha value is -1.35. The third-order valence-electron chi connectivity index (χ3n) is 2.87. The number of carbonyl (C=O) groups excluding carboxylic acids is 1. The monoisotopic (exact) mass is 234 g/mol. The molecule has 1 aliphatic rings. The minimum Gasteiger partial charge on any atom is -0.464 e. The SMILES string of the molecule is CCCCOC(=O)[C@H]1O[C@@H]1c1ccc(C)cc1. The largest absolute Gasteiger partial charge is 0.464 e. The van der Waals surface area contributed by atoms with E-state index < -0.39 is 6.10 Å². The fraction of sp³-hybridized carbons (Fsp3) is 0.500. The smallest absolute Gasteiger partial charge is 0.338 e. The van der Waals surface area contributed by atoms with E-state index in [0.29, 0.717) is 6.61 Å². The summed E-state index contributed by atoms with van der Waals surface area (Å²) in [5.74, 6) is -0.232. The third-order valence-corrected chi connectivity index (χ3v) is 2.87. The summed E-state index contributed by atoms with van der Waals surface area (Å²) >= 11 is 0. The van der Waals surface area contributed by atoms with Gasteiger partial charge in [0.1, 0.15) is 6.10 Å². The van der Waals surface area contributed by atoms with Gasteiger partial charge in [-0.1, -0.05) is 43.2 Å². The minimum absolute atomic E-state index is 0.107. The Morgan fingerprint density at radius 2 is 2.06 bits per heavy atom. The van der Waals surface area contributed by atoms with Crippen molar-refractivity contribution in [1.82, 2.24) is 0 Å². The molecule has 0 N–H and O–H groups in total. The molecule has 1 aromatic rings. The molecule has 0 amide bonds. The fourth-order valence-electron chi connectivity index (χ4n) is 1.70. The van der Waals surface area contributed by atoms with Gasteiger partial charge in [-0.2, -0.15) is 0 Å². The predicted octanol–water partition coefficient (Wildman–Crippen LogP) is 2.78. The zero-order chi connectivity index (χ0) is 12.3. The van der Waals surface area contributed by atoms with Crippen LogP contribution < -0.4 is 0 Å². The van der Waals surface area contributed by atoms with E-state index in [2.05, 4.69) is 6.92 Å². The molecule has 92 valence electrons. The van der Waals surface area contributed by atoms with Crippen molar-refractivity contribution >= 4 is 5.97 Å². The van der Waals surface area contributed by atoms with Gasteiger partial charge in [0, 0.05) is 0 Å². The van der Waals surface area contributed by atoms with Gasteiger partial charge < -0.3 is 9.47 Å². The second kappa shape index (κ2) is 5.32. The lowest BCUT2D eigenvalue weighted by Crippen LogP contribution is -2.13. The Morgan fingerprint density at radius 3 is 2.71 bits per heavy atom. The lowest BCUT2D eigenvalue weighted by molar-refractivity contribution is -0.145. The number of rotatable bonds is 5. The number of esters is 1. The van der Waals surface area contributed by atoms with Crippen molar-refractivity contribution in [2.24, 2.45) is 0 Å². The van der Waals surface area contributed by atoms with Gasteiger partial charge in [0.15, 0.2) is 6.10 Å². The predicted molar refractivity (Wildman–Crippen MR) is 64.7 cm³/mol. The van der Waals surface area contributed by atoms with Gasteiger partial charge in [0.05, 0.1) is 6.61 Å². The lowest BCUT2D eigenvalue weighted by Gasteiger charge is -2.01. The van der Waals surface area contributed by atoms with E-state index in [1.807, 2.05) is 31.2 Å². The molecule has 2 atom stereocenters. The first-order valence-electron chi connectivity index (χ1n) is 6.11. The van der Waals surface area contributed by atoms with E-state index in [1.54, 1.807) is 0 Å². The summed E-state index contributed by atoms with van der Waals surface area (Å²) in [6, 6.07) is 8.05. The van der Waals surface area contributed by atoms with Crippen LogP contribution in [0.4, 0.5) is 0 Å². The van der Waals surface area contributed by atoms with Crippen LogP contribution in [0.5, 0.6) is 0 Å². The molecular weight excluding hydrogens is 216 g/mol. The molecule has 1 aromatic carbocycles. The van der Waals surface area contributed by atoms with Crippen LogP contribution in [0.15, 0.2) is 24.3 Å². The number of unbranched alkanes of at least 4 members (excludes halogenated alkanes) is 1. The number of ether oxygens (including phenoxy) is 2. The van der Waals surface area contributed by atoms with Crippen molar-refractivity contribution < 1.29 is 14.3 Å². The highest BCUT2D eigenvalue weighted by molar-refractivity contribution is 5.78. The highest BCUT2D eigenvalue weighted by Crippen LogP contribution is 2.39. The van der Waals surface area contributed by atoms with E-state index in [-0.39, 0.29) is 12.1 Å². The average molecular weight is 234 g/mol. The molecule has 3 heteroatoms. The van der Waals surface area contributed by atoms with Gasteiger partial charge in [0.2, 0.25) is 0 Å². The molecule has 0 spiro atoms. The quantitative estimate of drug-likeness (QED) is 0.447. The Kier molecular flexibility index (Phi) is 3.79. The van der Waals surface area contributed by atoms with Crippen LogP contribution in [-0.4, -0.2) is 18.7 Å². The van der Waals surface area contributed by atoms with Crippen molar-refractivity contribution in [2.45, 2.75) is 38.9 Å². The molecule has 0 unspecified atom stereocenters. The molecule has 0 radical (unpaired) electrons. The number of carbonyl (C=O) groups is 1. The Labute approximate surface area is 102 Å². The van der Waals surface area contributed by atoms with Crippen LogP contribution in [-0.2, 0) is 14.3 Å². The highest BCUT2D eigenvalue weighted by Gasteiger charge is 2.47. The van der Waals surface area contributed by atoms with Crippen molar-refractivity contribution in [3.05, 3.63) is 35.4 Å². The first kappa shape index (κ1) is 12.1. The van der Waals surface area contributed by atoms with E-state index in [0.717, 1.165) is 18.4 Å². The van der Waals surface area contributed by atoms with Gasteiger partial charge >= 0.3 is 5.97 Å². The molecular formula is C14H18O3. The van der Waals surface area contributed by atoms with E-state index in [1.165, 1.54) is 5.56 Å². The van der Waals surface area contributed by atoms with E-state index >= 15 is 0 Å². The topological polar surface area (TPSA) is 38.8 Å². The number of benzene rings is 1. The van der Waals surface area contributed by atoms with Crippen LogP contribution in [0.1, 0.15) is 37.0 Å². The molecule has 2 rings (SSSR count). The summed E-state index contributed by atoms with van der Waals surface area (Å²) < 4.78 is 10.5. The second-order valence-electron chi connectivity index (χ2n) is 4.41. The maximum Gasteiger partial charge on any atom is 0.338 e. The summed E-state index contributed by atoms with van der Waals surface area (Å²) in [7, 11) is 0. The van der Waals surface area contributed by atoms with Crippen LogP contribution in [0.3, 0.4) is 0 Å². The fourth-order valence-corrected chi connectivity index (χ4v) is 1.70. The number of hydrogen-bond acceptors (Lipinski definition) is 3. The average Bonchev–Trinajstić information content (AvgIpc) is 3.10. The molecule has 0 bridgehead atoms. The standard InChI is InChI=1S/C14H18O3/c1-3-4-9-16-14(15)13-12(17-13)11-7-5-10(2)6-8-11/h5-8,12-13H,3-4,9H2,1-2H3/t12-,13+/m1/s1. The summed E-state index contributed by atoms with van der Waals surface area (Å²) in [6.07, 6.45) is 1.44. The molecule has 17 heavy (non-hydrogen) atoms. The number of aryl methyl sites for hydroxylation is 1. The van der Waals surface area contributed by atoms with Crippen LogP contribution >= 0.6 is 0 Å². The second-order valence-corrected chi connectivity index (χ2v) is 4.41. The van der Waals surface area contributed by atoms with Crippen LogP contribution in [0.25, 0.3) is 0 Å². The highest BCUT2D eigenvalue weighted by atomic mass is 16.6. The number of epoxide rings is 1. The Morgan fingerprint density at radius 1 is 1.35 bits per heavy atom. The van der Waals surface area contributed by atoms with Crippen molar-refractivity contribution in [3.8, 4) is 0 Å². The first-order valence-corrected chi connectivity index (χ1v) is 6.11. The van der Waals surface area contributed by atoms with Crippen molar-refractivity contribution in [2.75, 3.05) is 6.61 Å². The van der Waals surface area contributed by atoms with Crippen LogP contribution in [0.2, 0.25) is 0 Å².